The summed E-state index contributed by atoms with van der Waals surface area (Å²) < 4.78 is 7.83. The first kappa shape index (κ1) is 14.3. The number of ether oxygens (including phenoxy) is 1. The Kier molecular flexibility index (Phi) is 4.04. The molecule has 2 aromatic rings. The highest BCUT2D eigenvalue weighted by Gasteiger charge is 2.43. The molecule has 4 nitrogen and oxygen atoms in total. The summed E-state index contributed by atoms with van der Waals surface area (Å²) in [6, 6.07) is 5.50. The molecule has 1 saturated heterocycles. The molecule has 0 radical (unpaired) electrons. The van der Waals surface area contributed by atoms with Crippen molar-refractivity contribution in [2.24, 2.45) is 0 Å². The lowest BCUT2D eigenvalue weighted by Crippen LogP contribution is -2.31. The Bertz CT molecular complexity index is 608. The third kappa shape index (κ3) is 2.72. The molecule has 1 aromatic heterocycles. The van der Waals surface area contributed by atoms with Crippen LogP contribution in [0.3, 0.4) is 0 Å². The normalized spacial score (nSPS) is 26.1. The molecule has 0 spiro atoms. The summed E-state index contributed by atoms with van der Waals surface area (Å²) in [5.74, 6) is 0. The van der Waals surface area contributed by atoms with Crippen molar-refractivity contribution in [1.82, 2.24) is 14.8 Å². The molecule has 0 unspecified atom stereocenters. The minimum atomic E-state index is -0.510. The first-order valence-electron chi connectivity index (χ1n) is 6.15. The van der Waals surface area contributed by atoms with E-state index in [-0.39, 0.29) is 4.83 Å². The van der Waals surface area contributed by atoms with Crippen LogP contribution in [0.1, 0.15) is 12.0 Å². The van der Waals surface area contributed by atoms with Crippen LogP contribution in [-0.4, -0.2) is 26.2 Å². The van der Waals surface area contributed by atoms with E-state index in [0.29, 0.717) is 23.2 Å². The lowest BCUT2D eigenvalue weighted by molar-refractivity contribution is -0.0169. The number of hydrogen-bond donors (Lipinski definition) is 0. The molecule has 0 N–H and O–H groups in total. The number of halogens is 3. The van der Waals surface area contributed by atoms with Crippen LogP contribution in [0.25, 0.3) is 0 Å². The zero-order valence-corrected chi connectivity index (χ0v) is 13.6. The Morgan fingerprint density at radius 3 is 2.90 bits per heavy atom. The van der Waals surface area contributed by atoms with E-state index in [1.54, 1.807) is 17.1 Å². The standard InChI is InChI=1S/C13H12BrCl2N3O/c14-9-4-13(20-5-9,6-19-8-17-7-18-19)11-2-1-10(15)3-12(11)16/h1-3,7-9H,4-6H2/t9-,13-/m1/s1. The second kappa shape index (κ2) is 5.64. The monoisotopic (exact) mass is 375 g/mol. The Balaban J connectivity index is 2.01. The van der Waals surface area contributed by atoms with E-state index in [4.69, 9.17) is 27.9 Å². The maximum absolute atomic E-state index is 6.36. The minimum Gasteiger partial charge on any atom is -0.367 e. The van der Waals surface area contributed by atoms with Gasteiger partial charge in [0.2, 0.25) is 0 Å². The van der Waals surface area contributed by atoms with Gasteiger partial charge in [0.15, 0.2) is 0 Å². The van der Waals surface area contributed by atoms with Crippen molar-refractivity contribution in [2.45, 2.75) is 23.4 Å². The molecule has 1 aromatic carbocycles. The van der Waals surface area contributed by atoms with Crippen molar-refractivity contribution < 1.29 is 4.74 Å². The highest BCUT2D eigenvalue weighted by molar-refractivity contribution is 9.09. The lowest BCUT2D eigenvalue weighted by atomic mass is 9.90. The van der Waals surface area contributed by atoms with Crippen LogP contribution in [-0.2, 0) is 16.9 Å². The third-order valence-electron chi connectivity index (χ3n) is 3.40. The SMILES string of the molecule is Clc1ccc([C@]2(Cn3cncn3)C[C@@H](Br)CO2)c(Cl)c1. The van der Waals surface area contributed by atoms with Crippen molar-refractivity contribution in [2.75, 3.05) is 6.61 Å². The van der Waals surface area contributed by atoms with Crippen LogP contribution in [0.15, 0.2) is 30.9 Å². The van der Waals surface area contributed by atoms with Gasteiger partial charge in [0, 0.05) is 20.4 Å². The summed E-state index contributed by atoms with van der Waals surface area (Å²) >= 11 is 16.0. The van der Waals surface area contributed by atoms with Crippen LogP contribution < -0.4 is 0 Å². The Labute approximate surface area is 135 Å². The number of alkyl halides is 1. The third-order valence-corrected chi connectivity index (χ3v) is 4.53. The predicted molar refractivity (Wildman–Crippen MR) is 81.4 cm³/mol. The Morgan fingerprint density at radius 1 is 1.45 bits per heavy atom. The van der Waals surface area contributed by atoms with E-state index in [1.165, 1.54) is 6.33 Å². The molecule has 106 valence electrons. The van der Waals surface area contributed by atoms with Crippen LogP contribution in [0, 0.1) is 0 Å². The van der Waals surface area contributed by atoms with E-state index in [9.17, 15) is 0 Å². The van der Waals surface area contributed by atoms with Crippen LogP contribution in [0.2, 0.25) is 10.0 Å². The molecule has 1 aliphatic rings. The minimum absolute atomic E-state index is 0.290. The quantitative estimate of drug-likeness (QED) is 0.767. The molecule has 7 heteroatoms. The fourth-order valence-corrected chi connectivity index (χ4v) is 3.78. The zero-order valence-electron chi connectivity index (χ0n) is 10.5. The molecular weight excluding hydrogens is 365 g/mol. The van der Waals surface area contributed by atoms with Crippen molar-refractivity contribution in [1.29, 1.82) is 0 Å². The molecule has 1 fully saturated rings. The number of nitrogens with zero attached hydrogens (tertiary/aromatic N) is 3. The Morgan fingerprint density at radius 2 is 2.30 bits per heavy atom. The lowest BCUT2D eigenvalue weighted by Gasteiger charge is -2.29. The number of hydrogen-bond acceptors (Lipinski definition) is 3. The van der Waals surface area contributed by atoms with Gasteiger partial charge in [-0.05, 0) is 18.6 Å². The summed E-state index contributed by atoms with van der Waals surface area (Å²) in [6.07, 6.45) is 4.00. The zero-order chi connectivity index (χ0) is 14.2. The van der Waals surface area contributed by atoms with Gasteiger partial charge < -0.3 is 4.74 Å². The van der Waals surface area contributed by atoms with Crippen molar-refractivity contribution in [3.63, 3.8) is 0 Å². The maximum atomic E-state index is 6.36. The first-order valence-corrected chi connectivity index (χ1v) is 7.82. The van der Waals surface area contributed by atoms with Gasteiger partial charge in [0.25, 0.3) is 0 Å². The second-order valence-corrected chi connectivity index (χ2v) is 6.96. The summed E-state index contributed by atoms with van der Waals surface area (Å²) in [6.45, 7) is 1.20. The van der Waals surface area contributed by atoms with Gasteiger partial charge in [-0.3, -0.25) is 0 Å². The first-order chi connectivity index (χ1) is 9.59. The summed E-state index contributed by atoms with van der Waals surface area (Å²) in [4.78, 5) is 4.26. The predicted octanol–water partition coefficient (Wildman–Crippen LogP) is 3.66. The summed E-state index contributed by atoms with van der Waals surface area (Å²) in [5.41, 5.74) is 0.421. The van der Waals surface area contributed by atoms with Crippen LogP contribution in [0.4, 0.5) is 0 Å². The van der Waals surface area contributed by atoms with Gasteiger partial charge in [0.05, 0.1) is 13.2 Å². The highest BCUT2D eigenvalue weighted by atomic mass is 79.9. The molecule has 2 atom stereocenters. The van der Waals surface area contributed by atoms with E-state index in [0.717, 1.165) is 12.0 Å². The van der Waals surface area contributed by atoms with Gasteiger partial charge in [0.1, 0.15) is 18.3 Å². The van der Waals surface area contributed by atoms with Crippen molar-refractivity contribution >= 4 is 39.1 Å². The maximum Gasteiger partial charge on any atom is 0.137 e. The Hall–Kier alpha value is -0.620. The molecule has 20 heavy (non-hydrogen) atoms. The van der Waals surface area contributed by atoms with E-state index in [1.807, 2.05) is 12.1 Å². The average Bonchev–Trinajstić information content (AvgIpc) is 3.00. The fraction of sp³-hybridized carbons (Fsp3) is 0.385. The van der Waals surface area contributed by atoms with Crippen molar-refractivity contribution in [3.05, 3.63) is 46.5 Å². The molecule has 2 heterocycles. The number of aromatic nitrogens is 3. The van der Waals surface area contributed by atoms with E-state index < -0.39 is 5.60 Å². The number of benzene rings is 1. The topological polar surface area (TPSA) is 39.9 Å². The van der Waals surface area contributed by atoms with Gasteiger partial charge in [-0.15, -0.1) is 0 Å². The molecule has 0 bridgehead atoms. The molecule has 0 saturated carbocycles. The fourth-order valence-electron chi connectivity index (χ4n) is 2.54. The van der Waals surface area contributed by atoms with Gasteiger partial charge in [-0.1, -0.05) is 45.2 Å². The van der Waals surface area contributed by atoms with Gasteiger partial charge in [-0.25, -0.2) is 9.67 Å². The van der Waals surface area contributed by atoms with Crippen LogP contribution >= 0.6 is 39.1 Å². The largest absolute Gasteiger partial charge is 0.367 e. The average molecular weight is 377 g/mol. The molecule has 0 amide bonds. The van der Waals surface area contributed by atoms with Gasteiger partial charge >= 0.3 is 0 Å². The van der Waals surface area contributed by atoms with E-state index in [2.05, 4.69) is 26.0 Å². The molecular formula is C13H12BrCl2N3O. The summed E-state index contributed by atoms with van der Waals surface area (Å²) in [7, 11) is 0. The second-order valence-electron chi connectivity index (χ2n) is 4.82. The highest BCUT2D eigenvalue weighted by Crippen LogP contribution is 2.43. The molecule has 3 rings (SSSR count). The van der Waals surface area contributed by atoms with Gasteiger partial charge in [-0.2, -0.15) is 5.10 Å². The summed E-state index contributed by atoms with van der Waals surface area (Å²) in [5, 5.41) is 5.39. The van der Waals surface area contributed by atoms with Crippen LogP contribution in [0.5, 0.6) is 0 Å². The molecule has 1 aliphatic heterocycles. The van der Waals surface area contributed by atoms with Crippen molar-refractivity contribution in [3.8, 4) is 0 Å². The molecule has 0 aliphatic carbocycles. The van der Waals surface area contributed by atoms with E-state index >= 15 is 0 Å². The smallest absolute Gasteiger partial charge is 0.137 e. The number of rotatable bonds is 3.